The van der Waals surface area contributed by atoms with E-state index in [2.05, 4.69) is 19.8 Å². The Morgan fingerprint density at radius 1 is 1.47 bits per heavy atom. The largest absolute Gasteiger partial charge is 0.396 e. The van der Waals surface area contributed by atoms with Crippen molar-refractivity contribution in [2.45, 2.75) is 24.4 Å². The Morgan fingerprint density at radius 3 is 3.00 bits per heavy atom. The van der Waals surface area contributed by atoms with E-state index in [4.69, 9.17) is 5.11 Å². The van der Waals surface area contributed by atoms with Gasteiger partial charge in [0.1, 0.15) is 10.7 Å². The molecule has 0 saturated carbocycles. The molecule has 2 aromatic heterocycles. The molecule has 9 heteroatoms. The average molecular weight is 285 g/mol. The maximum Gasteiger partial charge on any atom is 0.244 e. The monoisotopic (exact) mass is 285 g/mol. The summed E-state index contributed by atoms with van der Waals surface area (Å²) in [5, 5.41) is 12.6. The Kier molecular flexibility index (Phi) is 4.30. The summed E-state index contributed by atoms with van der Waals surface area (Å²) in [7, 11) is -3.60. The molecule has 0 spiro atoms. The normalized spacial score (nSPS) is 11.8. The Labute approximate surface area is 110 Å². The molecular formula is C10H15N5O3S. The van der Waals surface area contributed by atoms with Gasteiger partial charge in [0.15, 0.2) is 0 Å². The van der Waals surface area contributed by atoms with Crippen LogP contribution in [0.2, 0.25) is 0 Å². The molecule has 0 unspecified atom stereocenters. The van der Waals surface area contributed by atoms with Gasteiger partial charge in [-0.15, -0.1) is 0 Å². The molecule has 0 saturated heterocycles. The zero-order chi connectivity index (χ0) is 13.7. The molecule has 19 heavy (non-hydrogen) atoms. The second kappa shape index (κ2) is 5.95. The van der Waals surface area contributed by atoms with Gasteiger partial charge in [-0.3, -0.25) is 4.68 Å². The highest BCUT2D eigenvalue weighted by molar-refractivity contribution is 7.89. The molecule has 104 valence electrons. The van der Waals surface area contributed by atoms with Crippen molar-refractivity contribution in [3.63, 3.8) is 0 Å². The fraction of sp³-hybridized carbons (Fsp3) is 0.400. The van der Waals surface area contributed by atoms with Gasteiger partial charge in [-0.05, 0) is 6.42 Å². The number of aliphatic hydroxyl groups is 1. The molecule has 0 fully saturated rings. The van der Waals surface area contributed by atoms with Gasteiger partial charge in [0.2, 0.25) is 10.0 Å². The van der Waals surface area contributed by atoms with E-state index in [0.29, 0.717) is 18.8 Å². The standard InChI is InChI=1S/C10H15N5O3S/c16-5-1-4-15-8-9(6-13-15)19(17,18)14-7-10-11-2-3-12-10/h2-3,6,8,14,16H,1,4-5,7H2,(H,11,12). The van der Waals surface area contributed by atoms with Crippen LogP contribution in [-0.2, 0) is 23.1 Å². The van der Waals surface area contributed by atoms with E-state index < -0.39 is 10.0 Å². The van der Waals surface area contributed by atoms with E-state index in [0.717, 1.165) is 0 Å². The first-order valence-electron chi connectivity index (χ1n) is 5.73. The van der Waals surface area contributed by atoms with Gasteiger partial charge >= 0.3 is 0 Å². The highest BCUT2D eigenvalue weighted by atomic mass is 32.2. The number of hydrogen-bond acceptors (Lipinski definition) is 5. The van der Waals surface area contributed by atoms with Crippen LogP contribution in [0, 0.1) is 0 Å². The van der Waals surface area contributed by atoms with Crippen LogP contribution in [0.4, 0.5) is 0 Å². The van der Waals surface area contributed by atoms with Gasteiger partial charge in [-0.2, -0.15) is 5.10 Å². The minimum absolute atomic E-state index is 0.0404. The molecule has 2 aromatic rings. The summed E-state index contributed by atoms with van der Waals surface area (Å²) in [6.07, 6.45) is 6.41. The van der Waals surface area contributed by atoms with E-state index in [-0.39, 0.29) is 18.0 Å². The highest BCUT2D eigenvalue weighted by Gasteiger charge is 2.16. The molecule has 0 radical (unpaired) electrons. The van der Waals surface area contributed by atoms with E-state index in [1.54, 1.807) is 12.4 Å². The molecule has 2 rings (SSSR count). The van der Waals surface area contributed by atoms with Gasteiger partial charge < -0.3 is 10.1 Å². The minimum Gasteiger partial charge on any atom is -0.396 e. The molecule has 0 amide bonds. The Balaban J connectivity index is 2.00. The molecule has 0 aliphatic rings. The first kappa shape index (κ1) is 13.7. The number of aryl methyl sites for hydroxylation is 1. The second-order valence-corrected chi connectivity index (χ2v) is 5.64. The highest BCUT2D eigenvalue weighted by Crippen LogP contribution is 2.07. The average Bonchev–Trinajstić information content (AvgIpc) is 3.05. The van der Waals surface area contributed by atoms with Gasteiger partial charge in [0.05, 0.1) is 12.7 Å². The fourth-order valence-corrected chi connectivity index (χ4v) is 2.42. The quantitative estimate of drug-likeness (QED) is 0.633. The first-order valence-corrected chi connectivity index (χ1v) is 7.21. The van der Waals surface area contributed by atoms with Crippen LogP contribution in [0.1, 0.15) is 12.2 Å². The molecule has 0 aliphatic heterocycles. The number of nitrogens with zero attached hydrogens (tertiary/aromatic N) is 3. The van der Waals surface area contributed by atoms with Crippen LogP contribution < -0.4 is 4.72 Å². The summed E-state index contributed by atoms with van der Waals surface area (Å²) in [6.45, 7) is 0.611. The number of aromatic amines is 1. The van der Waals surface area contributed by atoms with E-state index >= 15 is 0 Å². The summed E-state index contributed by atoms with van der Waals surface area (Å²) in [4.78, 5) is 6.83. The van der Waals surface area contributed by atoms with Crippen LogP contribution in [0.15, 0.2) is 29.7 Å². The van der Waals surface area contributed by atoms with Gasteiger partial charge in [0, 0.05) is 31.7 Å². The van der Waals surface area contributed by atoms with Crippen molar-refractivity contribution in [3.05, 3.63) is 30.6 Å². The molecular weight excluding hydrogens is 270 g/mol. The Hall–Kier alpha value is -1.71. The predicted octanol–water partition coefficient (Wildman–Crippen LogP) is -0.533. The summed E-state index contributed by atoms with van der Waals surface area (Å²) in [5.41, 5.74) is 0. The lowest BCUT2D eigenvalue weighted by Gasteiger charge is -2.02. The maximum absolute atomic E-state index is 12.0. The van der Waals surface area contributed by atoms with E-state index in [1.165, 1.54) is 17.1 Å². The second-order valence-electron chi connectivity index (χ2n) is 3.88. The third kappa shape index (κ3) is 3.63. The number of sulfonamides is 1. The zero-order valence-corrected chi connectivity index (χ0v) is 11.0. The van der Waals surface area contributed by atoms with Crippen LogP contribution in [0.3, 0.4) is 0 Å². The van der Waals surface area contributed by atoms with Gasteiger partial charge in [0.25, 0.3) is 0 Å². The fourth-order valence-electron chi connectivity index (χ4n) is 1.48. The van der Waals surface area contributed by atoms with Crippen LogP contribution in [0.5, 0.6) is 0 Å². The summed E-state index contributed by atoms with van der Waals surface area (Å²) in [6, 6.07) is 0. The van der Waals surface area contributed by atoms with Crippen molar-refractivity contribution < 1.29 is 13.5 Å². The Morgan fingerprint density at radius 2 is 2.32 bits per heavy atom. The van der Waals surface area contributed by atoms with Crippen LogP contribution in [-0.4, -0.2) is 39.9 Å². The molecule has 3 N–H and O–H groups in total. The molecule has 8 nitrogen and oxygen atoms in total. The topological polar surface area (TPSA) is 113 Å². The Bertz CT molecular complexity index is 605. The summed E-state index contributed by atoms with van der Waals surface area (Å²) >= 11 is 0. The maximum atomic E-state index is 12.0. The summed E-state index contributed by atoms with van der Waals surface area (Å²) in [5.74, 6) is 0.538. The lowest BCUT2D eigenvalue weighted by molar-refractivity contribution is 0.277. The number of nitrogens with one attached hydrogen (secondary N) is 2. The third-order valence-corrected chi connectivity index (χ3v) is 3.81. The minimum atomic E-state index is -3.60. The van der Waals surface area contributed by atoms with Crippen molar-refractivity contribution in [1.29, 1.82) is 0 Å². The number of hydrogen-bond donors (Lipinski definition) is 3. The predicted molar refractivity (Wildman–Crippen MR) is 66.5 cm³/mol. The zero-order valence-electron chi connectivity index (χ0n) is 10.2. The first-order chi connectivity index (χ1) is 9.12. The van der Waals surface area contributed by atoms with Crippen LogP contribution in [0.25, 0.3) is 0 Å². The number of H-pyrrole nitrogens is 1. The molecule has 0 aromatic carbocycles. The number of imidazole rings is 1. The number of aliphatic hydroxyl groups excluding tert-OH is 1. The SMILES string of the molecule is O=S(=O)(NCc1ncc[nH]1)c1cnn(CCCO)c1. The van der Waals surface area contributed by atoms with Crippen molar-refractivity contribution in [2.75, 3.05) is 6.61 Å². The van der Waals surface area contributed by atoms with E-state index in [9.17, 15) is 8.42 Å². The number of rotatable bonds is 7. The molecule has 2 heterocycles. The molecule has 0 bridgehead atoms. The number of aromatic nitrogens is 4. The lowest BCUT2D eigenvalue weighted by Crippen LogP contribution is -2.23. The van der Waals surface area contributed by atoms with E-state index in [1.807, 2.05) is 0 Å². The van der Waals surface area contributed by atoms with Crippen molar-refractivity contribution >= 4 is 10.0 Å². The smallest absolute Gasteiger partial charge is 0.244 e. The van der Waals surface area contributed by atoms with Crippen molar-refractivity contribution in [2.24, 2.45) is 0 Å². The van der Waals surface area contributed by atoms with Gasteiger partial charge in [-0.1, -0.05) is 0 Å². The van der Waals surface area contributed by atoms with Crippen molar-refractivity contribution in [3.8, 4) is 0 Å². The van der Waals surface area contributed by atoms with Crippen LogP contribution >= 0.6 is 0 Å². The molecule has 0 atom stereocenters. The third-order valence-electron chi connectivity index (χ3n) is 2.45. The molecule has 0 aliphatic carbocycles. The van der Waals surface area contributed by atoms with Crippen molar-refractivity contribution in [1.82, 2.24) is 24.5 Å². The van der Waals surface area contributed by atoms with Gasteiger partial charge in [-0.25, -0.2) is 18.1 Å². The lowest BCUT2D eigenvalue weighted by atomic mass is 10.5. The summed E-state index contributed by atoms with van der Waals surface area (Å²) < 4.78 is 27.8.